The van der Waals surface area contributed by atoms with Gasteiger partial charge in [0.15, 0.2) is 0 Å². The number of para-hydroxylation sites is 1. The first-order chi connectivity index (χ1) is 10.2. The molecule has 0 aliphatic carbocycles. The monoisotopic (exact) mass is 297 g/mol. The van der Waals surface area contributed by atoms with Crippen LogP contribution in [0.4, 0.5) is 11.6 Å². The molecule has 3 rings (SSSR count). The van der Waals surface area contributed by atoms with E-state index in [1.54, 1.807) is 0 Å². The van der Waals surface area contributed by atoms with Gasteiger partial charge in [0, 0.05) is 40.3 Å². The molecule has 0 aliphatic heterocycles. The van der Waals surface area contributed by atoms with Crippen molar-refractivity contribution in [3.63, 3.8) is 0 Å². The zero-order valence-electron chi connectivity index (χ0n) is 12.3. The predicted molar refractivity (Wildman–Crippen MR) is 89.4 cm³/mol. The lowest BCUT2D eigenvalue weighted by Gasteiger charge is -2.16. The van der Waals surface area contributed by atoms with Crippen LogP contribution in [0.2, 0.25) is 0 Å². The molecule has 21 heavy (non-hydrogen) atoms. The quantitative estimate of drug-likeness (QED) is 0.733. The molecule has 0 aliphatic rings. The summed E-state index contributed by atoms with van der Waals surface area (Å²) in [6, 6.07) is 14.9. The van der Waals surface area contributed by atoms with Crippen molar-refractivity contribution in [3.05, 3.63) is 64.6 Å². The number of aromatic nitrogens is 2. The molecule has 1 aromatic carbocycles. The SMILES string of the molecule is Cc1ccc(CC(C)n2ccnc2Nc2ccccc2)s1. The number of aryl methyl sites for hydroxylation is 1. The molecule has 0 spiro atoms. The fraction of sp³-hybridized carbons (Fsp3) is 0.235. The van der Waals surface area contributed by atoms with E-state index in [-0.39, 0.29) is 0 Å². The van der Waals surface area contributed by atoms with E-state index in [0.717, 1.165) is 18.1 Å². The summed E-state index contributed by atoms with van der Waals surface area (Å²) < 4.78 is 2.20. The molecular weight excluding hydrogens is 278 g/mol. The van der Waals surface area contributed by atoms with E-state index in [1.165, 1.54) is 9.75 Å². The minimum atomic E-state index is 0.372. The molecular formula is C17H19N3S. The van der Waals surface area contributed by atoms with Crippen LogP contribution in [-0.4, -0.2) is 9.55 Å². The van der Waals surface area contributed by atoms with Crippen molar-refractivity contribution in [1.82, 2.24) is 9.55 Å². The summed E-state index contributed by atoms with van der Waals surface area (Å²) in [6.07, 6.45) is 4.91. The van der Waals surface area contributed by atoms with E-state index in [4.69, 9.17) is 0 Å². The van der Waals surface area contributed by atoms with Gasteiger partial charge in [-0.1, -0.05) is 18.2 Å². The Balaban J connectivity index is 1.75. The summed E-state index contributed by atoms with van der Waals surface area (Å²) in [5.41, 5.74) is 1.06. The highest BCUT2D eigenvalue weighted by Crippen LogP contribution is 2.24. The van der Waals surface area contributed by atoms with Gasteiger partial charge in [0.2, 0.25) is 5.95 Å². The third-order valence-electron chi connectivity index (χ3n) is 3.47. The third-order valence-corrected chi connectivity index (χ3v) is 4.49. The van der Waals surface area contributed by atoms with Gasteiger partial charge in [0.05, 0.1) is 0 Å². The minimum absolute atomic E-state index is 0.372. The summed E-state index contributed by atoms with van der Waals surface area (Å²) in [6.45, 7) is 4.38. The maximum atomic E-state index is 4.43. The number of nitrogens with one attached hydrogen (secondary N) is 1. The van der Waals surface area contributed by atoms with Crippen molar-refractivity contribution >= 4 is 23.0 Å². The van der Waals surface area contributed by atoms with Gasteiger partial charge in [-0.2, -0.15) is 0 Å². The molecule has 0 amide bonds. The number of hydrogen-bond acceptors (Lipinski definition) is 3. The molecule has 3 nitrogen and oxygen atoms in total. The molecule has 2 heterocycles. The topological polar surface area (TPSA) is 29.9 Å². The molecule has 2 aromatic heterocycles. The fourth-order valence-corrected chi connectivity index (χ4v) is 3.41. The van der Waals surface area contributed by atoms with E-state index in [0.29, 0.717) is 6.04 Å². The van der Waals surface area contributed by atoms with Crippen molar-refractivity contribution in [2.75, 3.05) is 5.32 Å². The number of rotatable bonds is 5. The number of thiophene rings is 1. The Kier molecular flexibility index (Phi) is 4.06. The Morgan fingerprint density at radius 3 is 2.71 bits per heavy atom. The van der Waals surface area contributed by atoms with E-state index in [1.807, 2.05) is 54.1 Å². The Labute approximate surface area is 129 Å². The third kappa shape index (κ3) is 3.34. The van der Waals surface area contributed by atoms with Gasteiger partial charge in [0.25, 0.3) is 0 Å². The molecule has 0 saturated heterocycles. The Morgan fingerprint density at radius 2 is 2.00 bits per heavy atom. The Bertz CT molecular complexity index is 700. The number of imidazole rings is 1. The average molecular weight is 297 g/mol. The fourth-order valence-electron chi connectivity index (χ4n) is 2.40. The maximum absolute atomic E-state index is 4.43. The van der Waals surface area contributed by atoms with Gasteiger partial charge in [0.1, 0.15) is 0 Å². The molecule has 1 N–H and O–H groups in total. The highest BCUT2D eigenvalue weighted by atomic mass is 32.1. The summed E-state index contributed by atoms with van der Waals surface area (Å²) in [7, 11) is 0. The van der Waals surface area contributed by atoms with Crippen LogP contribution in [0, 0.1) is 6.92 Å². The molecule has 4 heteroatoms. The number of benzene rings is 1. The lowest BCUT2D eigenvalue weighted by atomic mass is 10.2. The van der Waals surface area contributed by atoms with Crippen LogP contribution in [0.5, 0.6) is 0 Å². The van der Waals surface area contributed by atoms with Crippen molar-refractivity contribution < 1.29 is 0 Å². The Hall–Kier alpha value is -2.07. The van der Waals surface area contributed by atoms with Crippen LogP contribution >= 0.6 is 11.3 Å². The number of nitrogens with zero attached hydrogens (tertiary/aromatic N) is 2. The largest absolute Gasteiger partial charge is 0.326 e. The van der Waals surface area contributed by atoms with Crippen LogP contribution in [0.15, 0.2) is 54.9 Å². The average Bonchev–Trinajstić information content (AvgIpc) is 3.09. The van der Waals surface area contributed by atoms with Crippen LogP contribution in [0.1, 0.15) is 22.7 Å². The minimum Gasteiger partial charge on any atom is -0.326 e. The summed E-state index contributed by atoms with van der Waals surface area (Å²) >= 11 is 1.87. The first-order valence-corrected chi connectivity index (χ1v) is 7.94. The zero-order valence-corrected chi connectivity index (χ0v) is 13.1. The van der Waals surface area contributed by atoms with Crippen LogP contribution in [0.3, 0.4) is 0 Å². The summed E-state index contributed by atoms with van der Waals surface area (Å²) in [5.74, 6) is 0.891. The predicted octanol–water partition coefficient (Wildman–Crippen LogP) is 4.80. The lowest BCUT2D eigenvalue weighted by molar-refractivity contribution is 0.555. The van der Waals surface area contributed by atoms with Crippen LogP contribution in [-0.2, 0) is 6.42 Å². The van der Waals surface area contributed by atoms with Crippen LogP contribution in [0.25, 0.3) is 0 Å². The first-order valence-electron chi connectivity index (χ1n) is 7.12. The molecule has 1 unspecified atom stereocenters. The van der Waals surface area contributed by atoms with E-state index in [9.17, 15) is 0 Å². The molecule has 0 saturated carbocycles. The van der Waals surface area contributed by atoms with Gasteiger partial charge in [-0.25, -0.2) is 4.98 Å². The van der Waals surface area contributed by atoms with Gasteiger partial charge >= 0.3 is 0 Å². The number of hydrogen-bond donors (Lipinski definition) is 1. The maximum Gasteiger partial charge on any atom is 0.207 e. The number of anilines is 2. The lowest BCUT2D eigenvalue weighted by Crippen LogP contribution is -2.10. The standard InChI is InChI=1S/C17H19N3S/c1-13(12-16-9-8-14(2)21-16)20-11-10-18-17(20)19-15-6-4-3-5-7-15/h3-11,13H,12H2,1-2H3,(H,18,19). The van der Waals surface area contributed by atoms with Gasteiger partial charge < -0.3 is 9.88 Å². The normalized spacial score (nSPS) is 12.3. The van der Waals surface area contributed by atoms with Crippen molar-refractivity contribution in [2.24, 2.45) is 0 Å². The van der Waals surface area contributed by atoms with Gasteiger partial charge in [-0.3, -0.25) is 0 Å². The van der Waals surface area contributed by atoms with Crippen molar-refractivity contribution in [3.8, 4) is 0 Å². The second-order valence-electron chi connectivity index (χ2n) is 5.21. The van der Waals surface area contributed by atoms with E-state index >= 15 is 0 Å². The first kappa shape index (κ1) is 13.9. The zero-order chi connectivity index (χ0) is 14.7. The van der Waals surface area contributed by atoms with E-state index < -0.39 is 0 Å². The van der Waals surface area contributed by atoms with E-state index in [2.05, 4.69) is 40.8 Å². The van der Waals surface area contributed by atoms with Crippen LogP contribution < -0.4 is 5.32 Å². The highest BCUT2D eigenvalue weighted by molar-refractivity contribution is 7.11. The molecule has 1 atom stereocenters. The van der Waals surface area contributed by atoms with Crippen molar-refractivity contribution in [1.29, 1.82) is 0 Å². The van der Waals surface area contributed by atoms with Crippen molar-refractivity contribution in [2.45, 2.75) is 26.3 Å². The highest BCUT2D eigenvalue weighted by Gasteiger charge is 2.11. The molecule has 108 valence electrons. The molecule has 3 aromatic rings. The Morgan fingerprint density at radius 1 is 1.19 bits per heavy atom. The van der Waals surface area contributed by atoms with Gasteiger partial charge in [-0.05, 0) is 38.1 Å². The molecule has 0 fully saturated rings. The molecule has 0 radical (unpaired) electrons. The molecule has 0 bridgehead atoms. The second-order valence-corrected chi connectivity index (χ2v) is 6.59. The second kappa shape index (κ2) is 6.14. The summed E-state index contributed by atoms with van der Waals surface area (Å²) in [4.78, 5) is 7.22. The smallest absolute Gasteiger partial charge is 0.207 e. The summed E-state index contributed by atoms with van der Waals surface area (Å²) in [5, 5.41) is 3.38. The van der Waals surface area contributed by atoms with Gasteiger partial charge in [-0.15, -0.1) is 11.3 Å².